The van der Waals surface area contributed by atoms with E-state index in [1.165, 1.54) is 0 Å². The minimum atomic E-state index is -0.532. The number of anilines is 1. The molecule has 0 aliphatic heterocycles. The Bertz CT molecular complexity index is 627. The molecule has 2 aromatic rings. The number of benzene rings is 2. The molecule has 0 spiro atoms. The Kier molecular flexibility index (Phi) is 4.87. The van der Waals surface area contributed by atoms with Gasteiger partial charge in [-0.25, -0.2) is 8.78 Å². The summed E-state index contributed by atoms with van der Waals surface area (Å²) in [7, 11) is 0. The van der Waals surface area contributed by atoms with Gasteiger partial charge in [0, 0.05) is 24.2 Å². The van der Waals surface area contributed by atoms with Crippen LogP contribution >= 0.6 is 0 Å². The fraction of sp³-hybridized carbons (Fsp3) is 0.188. The Morgan fingerprint density at radius 3 is 2.52 bits per heavy atom. The first-order valence-electron chi connectivity index (χ1n) is 6.59. The van der Waals surface area contributed by atoms with Crippen LogP contribution in [0.2, 0.25) is 0 Å². The molecule has 5 heteroatoms. The molecule has 0 bridgehead atoms. The molecule has 0 heterocycles. The SMILES string of the molecule is Nc1ccc(CCC(=O)NCc2cc(F)ccc2F)cc1. The van der Waals surface area contributed by atoms with E-state index in [0.29, 0.717) is 12.1 Å². The molecule has 0 aliphatic carbocycles. The number of nitrogens with two attached hydrogens (primary N) is 1. The molecule has 1 amide bonds. The van der Waals surface area contributed by atoms with Crippen LogP contribution in [0.4, 0.5) is 14.5 Å². The lowest BCUT2D eigenvalue weighted by Crippen LogP contribution is -2.23. The number of amides is 1. The van der Waals surface area contributed by atoms with Gasteiger partial charge in [0.05, 0.1) is 0 Å². The monoisotopic (exact) mass is 290 g/mol. The largest absolute Gasteiger partial charge is 0.399 e. The highest BCUT2D eigenvalue weighted by Crippen LogP contribution is 2.10. The van der Waals surface area contributed by atoms with Crippen molar-refractivity contribution in [1.82, 2.24) is 5.32 Å². The van der Waals surface area contributed by atoms with Gasteiger partial charge in [-0.15, -0.1) is 0 Å². The molecule has 2 aromatic carbocycles. The minimum Gasteiger partial charge on any atom is -0.399 e. The molecular weight excluding hydrogens is 274 g/mol. The lowest BCUT2D eigenvalue weighted by atomic mass is 10.1. The van der Waals surface area contributed by atoms with Crippen LogP contribution in [0.25, 0.3) is 0 Å². The number of halogens is 2. The zero-order chi connectivity index (χ0) is 15.2. The summed E-state index contributed by atoms with van der Waals surface area (Å²) in [4.78, 5) is 11.7. The van der Waals surface area contributed by atoms with Crippen molar-refractivity contribution in [2.75, 3.05) is 5.73 Å². The lowest BCUT2D eigenvalue weighted by Gasteiger charge is -2.07. The van der Waals surface area contributed by atoms with Gasteiger partial charge in [0.1, 0.15) is 11.6 Å². The number of aryl methyl sites for hydroxylation is 1. The second-order valence-electron chi connectivity index (χ2n) is 4.75. The van der Waals surface area contributed by atoms with Gasteiger partial charge in [-0.05, 0) is 42.3 Å². The highest BCUT2D eigenvalue weighted by molar-refractivity contribution is 5.76. The van der Waals surface area contributed by atoms with Crippen LogP contribution in [0, 0.1) is 11.6 Å². The molecule has 3 N–H and O–H groups in total. The summed E-state index contributed by atoms with van der Waals surface area (Å²) in [6.07, 6.45) is 0.846. The number of carbonyl (C=O) groups excluding carboxylic acids is 1. The maximum atomic E-state index is 13.4. The third-order valence-electron chi connectivity index (χ3n) is 3.10. The highest BCUT2D eigenvalue weighted by atomic mass is 19.1. The maximum Gasteiger partial charge on any atom is 0.220 e. The molecule has 0 aliphatic rings. The van der Waals surface area contributed by atoms with Gasteiger partial charge in [-0.1, -0.05) is 12.1 Å². The van der Waals surface area contributed by atoms with E-state index in [1.807, 2.05) is 12.1 Å². The third kappa shape index (κ3) is 4.56. The molecule has 110 valence electrons. The first-order valence-corrected chi connectivity index (χ1v) is 6.59. The van der Waals surface area contributed by atoms with Crippen molar-refractivity contribution in [3.8, 4) is 0 Å². The summed E-state index contributed by atoms with van der Waals surface area (Å²) in [6, 6.07) is 10.4. The predicted molar refractivity (Wildman–Crippen MR) is 77.4 cm³/mol. The van der Waals surface area contributed by atoms with Crippen LogP contribution in [0.3, 0.4) is 0 Å². The number of carbonyl (C=O) groups is 1. The van der Waals surface area contributed by atoms with E-state index < -0.39 is 11.6 Å². The van der Waals surface area contributed by atoms with Gasteiger partial charge < -0.3 is 11.1 Å². The van der Waals surface area contributed by atoms with Crippen molar-refractivity contribution in [2.45, 2.75) is 19.4 Å². The number of nitrogen functional groups attached to an aromatic ring is 1. The van der Waals surface area contributed by atoms with Crippen molar-refractivity contribution < 1.29 is 13.6 Å². The molecule has 0 aromatic heterocycles. The van der Waals surface area contributed by atoms with Gasteiger partial charge in [0.2, 0.25) is 5.91 Å². The molecule has 3 nitrogen and oxygen atoms in total. The number of rotatable bonds is 5. The van der Waals surface area contributed by atoms with Crippen LogP contribution < -0.4 is 11.1 Å². The Morgan fingerprint density at radius 2 is 1.81 bits per heavy atom. The van der Waals surface area contributed by atoms with Crippen molar-refractivity contribution in [3.63, 3.8) is 0 Å². The van der Waals surface area contributed by atoms with Crippen molar-refractivity contribution in [1.29, 1.82) is 0 Å². The maximum absolute atomic E-state index is 13.4. The van der Waals surface area contributed by atoms with Crippen LogP contribution in [-0.4, -0.2) is 5.91 Å². The van der Waals surface area contributed by atoms with Crippen LogP contribution in [0.5, 0.6) is 0 Å². The zero-order valence-electron chi connectivity index (χ0n) is 11.4. The topological polar surface area (TPSA) is 55.1 Å². The van der Waals surface area contributed by atoms with E-state index in [2.05, 4.69) is 5.32 Å². The lowest BCUT2D eigenvalue weighted by molar-refractivity contribution is -0.121. The van der Waals surface area contributed by atoms with E-state index in [0.717, 1.165) is 23.8 Å². The molecule has 2 rings (SSSR count). The Morgan fingerprint density at radius 1 is 1.10 bits per heavy atom. The van der Waals surface area contributed by atoms with Crippen molar-refractivity contribution in [3.05, 3.63) is 65.2 Å². The predicted octanol–water partition coefficient (Wildman–Crippen LogP) is 2.80. The van der Waals surface area contributed by atoms with E-state index in [4.69, 9.17) is 5.73 Å². The average molecular weight is 290 g/mol. The number of hydrogen-bond acceptors (Lipinski definition) is 2. The number of hydrogen-bond donors (Lipinski definition) is 2. The Labute approximate surface area is 121 Å². The first-order chi connectivity index (χ1) is 10.0. The highest BCUT2D eigenvalue weighted by Gasteiger charge is 2.06. The quantitative estimate of drug-likeness (QED) is 0.832. The molecule has 21 heavy (non-hydrogen) atoms. The van der Waals surface area contributed by atoms with E-state index in [9.17, 15) is 13.6 Å². The molecule has 0 radical (unpaired) electrons. The average Bonchev–Trinajstić information content (AvgIpc) is 2.47. The second kappa shape index (κ2) is 6.83. The molecule has 0 fully saturated rings. The fourth-order valence-electron chi connectivity index (χ4n) is 1.90. The summed E-state index contributed by atoms with van der Waals surface area (Å²) in [6.45, 7) is -0.0236. The zero-order valence-corrected chi connectivity index (χ0v) is 11.4. The number of nitrogens with one attached hydrogen (secondary N) is 1. The van der Waals surface area contributed by atoms with Crippen molar-refractivity contribution >= 4 is 11.6 Å². The second-order valence-corrected chi connectivity index (χ2v) is 4.75. The molecule has 0 atom stereocenters. The van der Waals surface area contributed by atoms with Gasteiger partial charge >= 0.3 is 0 Å². The van der Waals surface area contributed by atoms with Gasteiger partial charge in [0.15, 0.2) is 0 Å². The van der Waals surface area contributed by atoms with Crippen molar-refractivity contribution in [2.24, 2.45) is 0 Å². The summed E-state index contributed by atoms with van der Waals surface area (Å²) >= 11 is 0. The molecule has 0 saturated heterocycles. The first kappa shape index (κ1) is 15.0. The van der Waals surface area contributed by atoms with E-state index in [1.54, 1.807) is 12.1 Å². The minimum absolute atomic E-state index is 0.0236. The third-order valence-corrected chi connectivity index (χ3v) is 3.10. The fourth-order valence-corrected chi connectivity index (χ4v) is 1.90. The van der Waals surface area contributed by atoms with E-state index in [-0.39, 0.29) is 24.4 Å². The summed E-state index contributed by atoms with van der Waals surface area (Å²) in [5.41, 5.74) is 7.38. The summed E-state index contributed by atoms with van der Waals surface area (Å²) < 4.78 is 26.4. The standard InChI is InChI=1S/C16H16F2N2O/c17-13-4-7-15(18)12(9-13)10-20-16(21)8-3-11-1-5-14(19)6-2-11/h1-2,4-7,9H,3,8,10,19H2,(H,20,21). The van der Waals surface area contributed by atoms with Gasteiger partial charge in [-0.3, -0.25) is 4.79 Å². The summed E-state index contributed by atoms with van der Waals surface area (Å²) in [5, 5.41) is 2.58. The van der Waals surface area contributed by atoms with Crippen LogP contribution in [0.1, 0.15) is 17.5 Å². The summed E-state index contributed by atoms with van der Waals surface area (Å²) in [5.74, 6) is -1.27. The Balaban J connectivity index is 1.82. The molecular formula is C16H16F2N2O. The molecule has 0 saturated carbocycles. The van der Waals surface area contributed by atoms with Crippen LogP contribution in [-0.2, 0) is 17.8 Å². The van der Waals surface area contributed by atoms with Gasteiger partial charge in [0.25, 0.3) is 0 Å². The van der Waals surface area contributed by atoms with Crippen LogP contribution in [0.15, 0.2) is 42.5 Å². The van der Waals surface area contributed by atoms with E-state index >= 15 is 0 Å². The van der Waals surface area contributed by atoms with Gasteiger partial charge in [-0.2, -0.15) is 0 Å². The molecule has 0 unspecified atom stereocenters. The Hall–Kier alpha value is -2.43. The normalized spacial score (nSPS) is 10.4. The smallest absolute Gasteiger partial charge is 0.220 e.